The number of carbonyl (C=O) groups is 1. The Morgan fingerprint density at radius 3 is 2.45 bits per heavy atom. The molecule has 2 N–H and O–H groups in total. The number of oxime groups is 1. The zero-order valence-corrected chi connectivity index (χ0v) is 17.2. The number of nitrogens with zero attached hydrogens (tertiary/aromatic N) is 1. The van der Waals surface area contributed by atoms with E-state index in [1.165, 1.54) is 6.07 Å². The molecule has 5 nitrogen and oxygen atoms in total. The molecule has 0 amide bonds. The van der Waals surface area contributed by atoms with Crippen LogP contribution in [-0.4, -0.2) is 11.8 Å². The van der Waals surface area contributed by atoms with Gasteiger partial charge in [-0.05, 0) is 54.1 Å². The van der Waals surface area contributed by atoms with Crippen LogP contribution in [0.25, 0.3) is 0 Å². The van der Waals surface area contributed by atoms with E-state index in [0.717, 1.165) is 5.56 Å². The number of halogens is 3. The van der Waals surface area contributed by atoms with Crippen molar-refractivity contribution in [2.75, 3.05) is 0 Å². The van der Waals surface area contributed by atoms with Crippen LogP contribution < -0.4 is 10.5 Å². The van der Waals surface area contributed by atoms with Gasteiger partial charge in [0.25, 0.3) is 0 Å². The zero-order valence-electron chi connectivity index (χ0n) is 14.9. The molecule has 0 atom stereocenters. The lowest BCUT2D eigenvalue weighted by Crippen LogP contribution is -2.16. The molecule has 3 rings (SSSR count). The maximum Gasteiger partial charge on any atom is 0.365 e. The molecule has 0 unspecified atom stereocenters. The van der Waals surface area contributed by atoms with Gasteiger partial charge in [0.15, 0.2) is 5.84 Å². The van der Waals surface area contributed by atoms with E-state index in [-0.39, 0.29) is 12.4 Å². The molecule has 0 fully saturated rings. The van der Waals surface area contributed by atoms with Gasteiger partial charge in [-0.25, -0.2) is 4.79 Å². The Bertz CT molecular complexity index is 1070. The first-order valence-electron chi connectivity index (χ1n) is 8.40. The molecule has 0 aromatic heterocycles. The summed E-state index contributed by atoms with van der Waals surface area (Å²) >= 11 is 17.9. The van der Waals surface area contributed by atoms with E-state index in [1.807, 2.05) is 6.07 Å². The van der Waals surface area contributed by atoms with Crippen molar-refractivity contribution in [2.45, 2.75) is 6.61 Å². The largest absolute Gasteiger partial charge is 0.489 e. The fourth-order valence-corrected chi connectivity index (χ4v) is 3.09. The van der Waals surface area contributed by atoms with Gasteiger partial charge in [0.2, 0.25) is 0 Å². The van der Waals surface area contributed by atoms with Crippen LogP contribution in [0.4, 0.5) is 0 Å². The van der Waals surface area contributed by atoms with Crippen molar-refractivity contribution in [2.24, 2.45) is 10.9 Å². The van der Waals surface area contributed by atoms with Crippen molar-refractivity contribution in [3.8, 4) is 5.75 Å². The van der Waals surface area contributed by atoms with Gasteiger partial charge < -0.3 is 15.3 Å². The maximum absolute atomic E-state index is 12.3. The minimum atomic E-state index is -0.664. The number of carbonyl (C=O) groups excluding carboxylic acids is 1. The highest BCUT2D eigenvalue weighted by Crippen LogP contribution is 2.21. The Morgan fingerprint density at radius 2 is 1.69 bits per heavy atom. The first-order chi connectivity index (χ1) is 13.9. The fourth-order valence-electron chi connectivity index (χ4n) is 2.40. The predicted octanol–water partition coefficient (Wildman–Crippen LogP) is 5.70. The van der Waals surface area contributed by atoms with Crippen molar-refractivity contribution in [3.63, 3.8) is 0 Å². The van der Waals surface area contributed by atoms with Gasteiger partial charge in [-0.2, -0.15) is 0 Å². The molecule has 0 spiro atoms. The predicted molar refractivity (Wildman–Crippen MR) is 115 cm³/mol. The van der Waals surface area contributed by atoms with Crippen LogP contribution in [0.2, 0.25) is 15.1 Å². The third-order valence-electron chi connectivity index (χ3n) is 3.80. The fraction of sp³-hybridized carbons (Fsp3) is 0.0476. The van der Waals surface area contributed by atoms with Gasteiger partial charge in [0.05, 0.1) is 10.6 Å². The molecule has 0 saturated carbocycles. The summed E-state index contributed by atoms with van der Waals surface area (Å²) in [5, 5.41) is 5.00. The average Bonchev–Trinajstić information content (AvgIpc) is 2.70. The van der Waals surface area contributed by atoms with E-state index in [1.54, 1.807) is 54.6 Å². The topological polar surface area (TPSA) is 73.9 Å². The lowest BCUT2D eigenvalue weighted by atomic mass is 10.1. The maximum atomic E-state index is 12.3. The number of rotatable bonds is 6. The van der Waals surface area contributed by atoms with E-state index < -0.39 is 5.97 Å². The molecule has 0 aliphatic heterocycles. The number of hydrogen-bond acceptors (Lipinski definition) is 4. The number of ether oxygens (including phenoxy) is 1. The highest BCUT2D eigenvalue weighted by atomic mass is 35.5. The molecule has 0 aliphatic rings. The second-order valence-electron chi connectivity index (χ2n) is 5.93. The molecule has 0 aliphatic carbocycles. The minimum Gasteiger partial charge on any atom is -0.489 e. The lowest BCUT2D eigenvalue weighted by Gasteiger charge is -2.08. The van der Waals surface area contributed by atoms with Crippen LogP contribution in [0.1, 0.15) is 21.5 Å². The Labute approximate surface area is 182 Å². The van der Waals surface area contributed by atoms with Gasteiger partial charge in [-0.15, -0.1) is 0 Å². The molecule has 8 heteroatoms. The average molecular weight is 450 g/mol. The number of nitrogens with two attached hydrogens (primary N) is 1. The molecule has 0 saturated heterocycles. The highest BCUT2D eigenvalue weighted by Gasteiger charge is 2.11. The number of benzene rings is 3. The Hall–Kier alpha value is -2.73. The Kier molecular flexibility index (Phi) is 6.99. The number of amidine groups is 1. The quantitative estimate of drug-likeness (QED) is 0.227. The smallest absolute Gasteiger partial charge is 0.365 e. The summed E-state index contributed by atoms with van der Waals surface area (Å²) in [7, 11) is 0. The first-order valence-corrected chi connectivity index (χ1v) is 9.53. The zero-order chi connectivity index (χ0) is 20.8. The van der Waals surface area contributed by atoms with Crippen LogP contribution >= 0.6 is 34.8 Å². The van der Waals surface area contributed by atoms with Crippen LogP contribution in [0.15, 0.2) is 71.9 Å². The van der Waals surface area contributed by atoms with Crippen LogP contribution in [0, 0.1) is 0 Å². The number of hydrogen-bond donors (Lipinski definition) is 1. The molecule has 3 aromatic rings. The summed E-state index contributed by atoms with van der Waals surface area (Å²) in [5.74, 6) is -0.0780. The van der Waals surface area contributed by atoms with E-state index in [2.05, 4.69) is 5.16 Å². The summed E-state index contributed by atoms with van der Waals surface area (Å²) in [6, 6.07) is 18.6. The second-order valence-corrected chi connectivity index (χ2v) is 7.21. The molecule has 0 bridgehead atoms. The van der Waals surface area contributed by atoms with Gasteiger partial charge in [-0.1, -0.05) is 58.2 Å². The molecular weight excluding hydrogens is 435 g/mol. The molecule has 29 heavy (non-hydrogen) atoms. The molecular formula is C21H15Cl3N2O3. The van der Waals surface area contributed by atoms with Crippen molar-refractivity contribution >= 4 is 46.6 Å². The lowest BCUT2D eigenvalue weighted by molar-refractivity contribution is 0.0516. The van der Waals surface area contributed by atoms with Gasteiger partial charge >= 0.3 is 5.97 Å². The van der Waals surface area contributed by atoms with Crippen molar-refractivity contribution in [1.82, 2.24) is 0 Å². The standard InChI is InChI=1S/C21H15Cl3N2O3/c22-15-5-2-6-17(10-15)28-12-13-3-1-4-14(9-13)21(27)29-26-20(25)18-8-7-16(23)11-19(18)24/h1-11H,12H2,(H2,25,26). The summed E-state index contributed by atoms with van der Waals surface area (Å²) < 4.78 is 5.68. The van der Waals surface area contributed by atoms with E-state index in [4.69, 9.17) is 50.1 Å². The van der Waals surface area contributed by atoms with Crippen LogP contribution in [0.3, 0.4) is 0 Å². The third kappa shape index (κ3) is 5.87. The molecule has 0 radical (unpaired) electrons. The summed E-state index contributed by atoms with van der Waals surface area (Å²) in [6.07, 6.45) is 0. The Morgan fingerprint density at radius 1 is 0.931 bits per heavy atom. The van der Waals surface area contributed by atoms with Crippen molar-refractivity contribution < 1.29 is 14.4 Å². The highest BCUT2D eigenvalue weighted by molar-refractivity contribution is 6.36. The molecule has 3 aromatic carbocycles. The van der Waals surface area contributed by atoms with E-state index in [9.17, 15) is 4.79 Å². The van der Waals surface area contributed by atoms with Crippen LogP contribution in [0.5, 0.6) is 5.75 Å². The van der Waals surface area contributed by atoms with Crippen LogP contribution in [-0.2, 0) is 11.4 Å². The monoisotopic (exact) mass is 448 g/mol. The molecule has 148 valence electrons. The van der Waals surface area contributed by atoms with Crippen molar-refractivity contribution in [3.05, 3.63) is 98.5 Å². The van der Waals surface area contributed by atoms with Gasteiger partial charge in [-0.3, -0.25) is 0 Å². The first kappa shape index (κ1) is 21.0. The summed E-state index contributed by atoms with van der Waals surface area (Å²) in [4.78, 5) is 17.2. The van der Waals surface area contributed by atoms with Gasteiger partial charge in [0, 0.05) is 15.6 Å². The van der Waals surface area contributed by atoms with Crippen molar-refractivity contribution in [1.29, 1.82) is 0 Å². The Balaban J connectivity index is 1.65. The SMILES string of the molecule is N/C(=N\OC(=O)c1cccc(COc2cccc(Cl)c2)c1)c1ccc(Cl)cc1Cl. The minimum absolute atomic E-state index is 0.0412. The third-order valence-corrected chi connectivity index (χ3v) is 4.58. The summed E-state index contributed by atoms with van der Waals surface area (Å²) in [5.41, 5.74) is 7.33. The van der Waals surface area contributed by atoms with E-state index >= 15 is 0 Å². The van der Waals surface area contributed by atoms with E-state index in [0.29, 0.717) is 31.9 Å². The molecule has 0 heterocycles. The summed E-state index contributed by atoms with van der Waals surface area (Å²) in [6.45, 7) is 0.257. The normalized spacial score (nSPS) is 11.2. The second kappa shape index (κ2) is 9.65. The van der Waals surface area contributed by atoms with Gasteiger partial charge in [0.1, 0.15) is 12.4 Å².